The van der Waals surface area contributed by atoms with E-state index in [9.17, 15) is 18.3 Å². The lowest BCUT2D eigenvalue weighted by Gasteiger charge is -2.38. The maximum absolute atomic E-state index is 11.6. The van der Waals surface area contributed by atoms with Gasteiger partial charge in [-0.3, -0.25) is 9.80 Å². The first-order valence-electron chi connectivity index (χ1n) is 9.52. The highest BCUT2D eigenvalue weighted by atomic mass is 32.2. The van der Waals surface area contributed by atoms with Crippen molar-refractivity contribution in [1.82, 2.24) is 9.80 Å². The quantitative estimate of drug-likeness (QED) is 0.626. The van der Waals surface area contributed by atoms with Gasteiger partial charge in [0.15, 0.2) is 9.84 Å². The predicted octanol–water partition coefficient (Wildman–Crippen LogP) is 0.0176. The van der Waals surface area contributed by atoms with E-state index in [1.807, 2.05) is 0 Å². The molecule has 2 saturated heterocycles. The van der Waals surface area contributed by atoms with Crippen LogP contribution in [0.2, 0.25) is 0 Å². The Labute approximate surface area is 165 Å². The third-order valence-electron chi connectivity index (χ3n) is 5.32. The molecule has 1 aromatic rings. The standard InChI is InChI=1S/C19H28N2O6S/c1-26-19(23)15-2-4-18(5-3-15)27-13-17(22)12-20-7-9-21(10-8-20)16-6-11-28(24,25)14-16/h2-5,16-17,22H,6-14H2,1H3/t16-,17-/m1/s1. The molecule has 2 atom stereocenters. The smallest absolute Gasteiger partial charge is 0.337 e. The summed E-state index contributed by atoms with van der Waals surface area (Å²) in [5, 5.41) is 10.3. The number of carbonyl (C=O) groups excluding carboxylic acids is 1. The van der Waals surface area contributed by atoms with Crippen molar-refractivity contribution < 1.29 is 27.8 Å². The van der Waals surface area contributed by atoms with E-state index in [0.717, 1.165) is 32.6 Å². The van der Waals surface area contributed by atoms with E-state index in [1.54, 1.807) is 24.3 Å². The Hall–Kier alpha value is -1.68. The average Bonchev–Trinajstić information content (AvgIpc) is 3.06. The van der Waals surface area contributed by atoms with Crippen molar-refractivity contribution in [2.75, 3.05) is 57.9 Å². The maximum atomic E-state index is 11.6. The first-order valence-corrected chi connectivity index (χ1v) is 11.3. The van der Waals surface area contributed by atoms with Crippen LogP contribution in [0.3, 0.4) is 0 Å². The van der Waals surface area contributed by atoms with Crippen LogP contribution >= 0.6 is 0 Å². The molecule has 0 bridgehead atoms. The molecule has 0 aromatic heterocycles. The van der Waals surface area contributed by atoms with Gasteiger partial charge in [-0.15, -0.1) is 0 Å². The van der Waals surface area contributed by atoms with E-state index in [4.69, 9.17) is 4.74 Å². The Bertz CT molecular complexity index is 759. The molecule has 2 aliphatic rings. The van der Waals surface area contributed by atoms with Gasteiger partial charge in [0, 0.05) is 38.8 Å². The van der Waals surface area contributed by atoms with E-state index < -0.39 is 21.9 Å². The van der Waals surface area contributed by atoms with Gasteiger partial charge in [-0.1, -0.05) is 0 Å². The summed E-state index contributed by atoms with van der Waals surface area (Å²) in [5.74, 6) is 0.757. The second-order valence-electron chi connectivity index (χ2n) is 7.37. The molecule has 1 aromatic carbocycles. The molecular formula is C19H28N2O6S. The molecule has 9 heteroatoms. The molecule has 156 valence electrons. The minimum atomic E-state index is -2.86. The zero-order chi connectivity index (χ0) is 20.1. The Balaban J connectivity index is 1.38. The van der Waals surface area contributed by atoms with Gasteiger partial charge >= 0.3 is 5.97 Å². The van der Waals surface area contributed by atoms with Crippen LogP contribution in [0.5, 0.6) is 5.75 Å². The highest BCUT2D eigenvalue weighted by Crippen LogP contribution is 2.19. The van der Waals surface area contributed by atoms with Gasteiger partial charge in [0.05, 0.1) is 24.2 Å². The fourth-order valence-corrected chi connectivity index (χ4v) is 5.48. The number of aliphatic hydroxyl groups is 1. The van der Waals surface area contributed by atoms with Crippen LogP contribution in [-0.2, 0) is 14.6 Å². The van der Waals surface area contributed by atoms with Gasteiger partial charge in [0.25, 0.3) is 0 Å². The summed E-state index contributed by atoms with van der Waals surface area (Å²) < 4.78 is 33.5. The van der Waals surface area contributed by atoms with Crippen molar-refractivity contribution >= 4 is 15.8 Å². The van der Waals surface area contributed by atoms with E-state index in [1.165, 1.54) is 7.11 Å². The van der Waals surface area contributed by atoms with Gasteiger partial charge in [-0.25, -0.2) is 13.2 Å². The predicted molar refractivity (Wildman–Crippen MR) is 104 cm³/mol. The van der Waals surface area contributed by atoms with Crippen molar-refractivity contribution in [3.63, 3.8) is 0 Å². The van der Waals surface area contributed by atoms with Gasteiger partial charge < -0.3 is 14.6 Å². The van der Waals surface area contributed by atoms with E-state index in [2.05, 4.69) is 14.5 Å². The van der Waals surface area contributed by atoms with E-state index in [0.29, 0.717) is 23.6 Å². The molecule has 0 amide bonds. The number of methoxy groups -OCH3 is 1. The molecule has 0 unspecified atom stereocenters. The summed E-state index contributed by atoms with van der Waals surface area (Å²) in [4.78, 5) is 15.8. The van der Waals surface area contributed by atoms with Crippen molar-refractivity contribution in [1.29, 1.82) is 0 Å². The molecule has 8 nitrogen and oxygen atoms in total. The number of β-amino-alcohol motifs (C(OH)–C–C–N with tert-alkyl or cyclic N) is 1. The summed E-state index contributed by atoms with van der Waals surface area (Å²) >= 11 is 0. The first-order chi connectivity index (χ1) is 13.4. The lowest BCUT2D eigenvalue weighted by atomic mass is 10.2. The van der Waals surface area contributed by atoms with Crippen LogP contribution in [0.25, 0.3) is 0 Å². The number of hydrogen-bond donors (Lipinski definition) is 1. The number of piperazine rings is 1. The third-order valence-corrected chi connectivity index (χ3v) is 7.07. The second kappa shape index (κ2) is 9.21. The Morgan fingerprint density at radius 2 is 1.89 bits per heavy atom. The number of aliphatic hydroxyl groups excluding tert-OH is 1. The molecule has 2 heterocycles. The Morgan fingerprint density at radius 1 is 1.21 bits per heavy atom. The van der Waals surface area contributed by atoms with Gasteiger partial charge in [0.1, 0.15) is 18.5 Å². The number of esters is 1. The van der Waals surface area contributed by atoms with Crippen molar-refractivity contribution in [3.8, 4) is 5.75 Å². The number of ether oxygens (including phenoxy) is 2. The SMILES string of the molecule is COC(=O)c1ccc(OC[C@H](O)CN2CCN([C@@H]3CCS(=O)(=O)C3)CC2)cc1. The minimum Gasteiger partial charge on any atom is -0.491 e. The average molecular weight is 413 g/mol. The molecule has 0 spiro atoms. The normalized spacial score (nSPS) is 24.0. The summed E-state index contributed by atoms with van der Waals surface area (Å²) in [6.45, 7) is 3.93. The summed E-state index contributed by atoms with van der Waals surface area (Å²) in [5.41, 5.74) is 0.448. The van der Waals surface area contributed by atoms with Crippen LogP contribution in [0.1, 0.15) is 16.8 Å². The van der Waals surface area contributed by atoms with Crippen LogP contribution in [0.4, 0.5) is 0 Å². The third kappa shape index (κ3) is 5.66. The molecular weight excluding hydrogens is 384 g/mol. The summed E-state index contributed by atoms with van der Waals surface area (Å²) in [7, 11) is -1.53. The highest BCUT2D eigenvalue weighted by molar-refractivity contribution is 7.91. The topological polar surface area (TPSA) is 96.4 Å². The van der Waals surface area contributed by atoms with Crippen LogP contribution in [-0.4, -0.2) is 99.4 Å². The van der Waals surface area contributed by atoms with Crippen LogP contribution < -0.4 is 4.74 Å². The lowest BCUT2D eigenvalue weighted by Crippen LogP contribution is -2.52. The molecule has 3 rings (SSSR count). The molecule has 0 aliphatic carbocycles. The summed E-state index contributed by atoms with van der Waals surface area (Å²) in [6.07, 6.45) is 0.104. The molecule has 0 radical (unpaired) electrons. The van der Waals surface area contributed by atoms with Gasteiger partial charge in [-0.05, 0) is 30.7 Å². The molecule has 2 fully saturated rings. The van der Waals surface area contributed by atoms with Crippen LogP contribution in [0, 0.1) is 0 Å². The fraction of sp³-hybridized carbons (Fsp3) is 0.632. The zero-order valence-corrected chi connectivity index (χ0v) is 16.9. The Morgan fingerprint density at radius 3 is 2.46 bits per heavy atom. The largest absolute Gasteiger partial charge is 0.491 e. The number of nitrogens with zero attached hydrogens (tertiary/aromatic N) is 2. The van der Waals surface area contributed by atoms with Crippen LogP contribution in [0.15, 0.2) is 24.3 Å². The maximum Gasteiger partial charge on any atom is 0.337 e. The zero-order valence-electron chi connectivity index (χ0n) is 16.1. The number of carbonyl (C=O) groups is 1. The molecule has 0 saturated carbocycles. The lowest BCUT2D eigenvalue weighted by molar-refractivity contribution is 0.0389. The fourth-order valence-electron chi connectivity index (χ4n) is 3.72. The molecule has 1 N–H and O–H groups in total. The molecule has 28 heavy (non-hydrogen) atoms. The minimum absolute atomic E-state index is 0.147. The Kier molecular flexibility index (Phi) is 6.92. The van der Waals surface area contributed by atoms with Gasteiger partial charge in [0.2, 0.25) is 0 Å². The molecule has 2 aliphatic heterocycles. The number of rotatable bonds is 7. The number of benzene rings is 1. The highest BCUT2D eigenvalue weighted by Gasteiger charge is 2.33. The van der Waals surface area contributed by atoms with E-state index in [-0.39, 0.29) is 18.4 Å². The number of hydrogen-bond acceptors (Lipinski definition) is 8. The van der Waals surface area contributed by atoms with Crippen molar-refractivity contribution in [3.05, 3.63) is 29.8 Å². The first kappa shape index (κ1) is 21.0. The monoisotopic (exact) mass is 412 g/mol. The van der Waals surface area contributed by atoms with Crippen molar-refractivity contribution in [2.45, 2.75) is 18.6 Å². The second-order valence-corrected chi connectivity index (χ2v) is 9.60. The summed E-state index contributed by atoms with van der Waals surface area (Å²) in [6, 6.07) is 6.74. The van der Waals surface area contributed by atoms with Gasteiger partial charge in [-0.2, -0.15) is 0 Å². The number of sulfone groups is 1. The van der Waals surface area contributed by atoms with Crippen molar-refractivity contribution in [2.24, 2.45) is 0 Å². The van der Waals surface area contributed by atoms with E-state index >= 15 is 0 Å².